The first-order valence-corrected chi connectivity index (χ1v) is 7.03. The zero-order valence-electron chi connectivity index (χ0n) is 12.8. The van der Waals surface area contributed by atoms with E-state index < -0.39 is 5.54 Å². The number of ether oxygens (including phenoxy) is 1. The number of hydrogen-bond acceptors (Lipinski definition) is 4. The van der Waals surface area contributed by atoms with Crippen molar-refractivity contribution in [1.29, 1.82) is 0 Å². The summed E-state index contributed by atoms with van der Waals surface area (Å²) in [5.74, 6) is -0.0699. The van der Waals surface area contributed by atoms with Crippen LogP contribution in [0.4, 0.5) is 5.69 Å². The van der Waals surface area contributed by atoms with E-state index in [1.54, 1.807) is 0 Å². The lowest BCUT2D eigenvalue weighted by Gasteiger charge is -2.32. The molecule has 20 heavy (non-hydrogen) atoms. The van der Waals surface area contributed by atoms with Gasteiger partial charge in [-0.05, 0) is 55.9 Å². The second kappa shape index (κ2) is 5.44. The van der Waals surface area contributed by atoms with Gasteiger partial charge in [-0.2, -0.15) is 0 Å². The maximum atomic E-state index is 12.0. The fourth-order valence-corrected chi connectivity index (χ4v) is 2.80. The van der Waals surface area contributed by atoms with Crippen molar-refractivity contribution in [2.24, 2.45) is 11.7 Å². The molecule has 1 fully saturated rings. The van der Waals surface area contributed by atoms with Crippen molar-refractivity contribution in [1.82, 2.24) is 0 Å². The van der Waals surface area contributed by atoms with Crippen molar-refractivity contribution in [3.8, 4) is 0 Å². The van der Waals surface area contributed by atoms with Crippen molar-refractivity contribution in [2.75, 3.05) is 25.6 Å². The standard InChI is InChI=1S/C16H24N2O2/c1-11-7-12(2)9-14(8-11)18(3)10-16(17,13-5-6-13)15(19)20-4/h7-9,13H,5-6,10,17H2,1-4H3. The van der Waals surface area contributed by atoms with Crippen LogP contribution in [0.3, 0.4) is 0 Å². The number of rotatable bonds is 5. The van der Waals surface area contributed by atoms with Crippen LogP contribution in [0.25, 0.3) is 0 Å². The lowest BCUT2D eigenvalue weighted by Crippen LogP contribution is -2.58. The molecule has 0 bridgehead atoms. The van der Waals surface area contributed by atoms with E-state index in [0.29, 0.717) is 6.54 Å². The third-order valence-electron chi connectivity index (χ3n) is 4.02. The maximum absolute atomic E-state index is 12.0. The Morgan fingerprint density at radius 1 is 1.35 bits per heavy atom. The van der Waals surface area contributed by atoms with Crippen LogP contribution in [-0.4, -0.2) is 32.2 Å². The molecule has 0 saturated heterocycles. The highest BCUT2D eigenvalue weighted by Crippen LogP contribution is 2.39. The van der Waals surface area contributed by atoms with Crippen LogP contribution < -0.4 is 10.6 Å². The highest BCUT2D eigenvalue weighted by Gasteiger charge is 2.49. The van der Waals surface area contributed by atoms with Gasteiger partial charge in [0.25, 0.3) is 0 Å². The highest BCUT2D eigenvalue weighted by atomic mass is 16.5. The van der Waals surface area contributed by atoms with Gasteiger partial charge in [-0.1, -0.05) is 6.07 Å². The molecule has 2 rings (SSSR count). The minimum absolute atomic E-state index is 0.239. The second-order valence-corrected chi connectivity index (χ2v) is 6.01. The first-order chi connectivity index (χ1) is 9.36. The highest BCUT2D eigenvalue weighted by molar-refractivity contribution is 5.82. The van der Waals surface area contributed by atoms with Crippen LogP contribution in [0.5, 0.6) is 0 Å². The SMILES string of the molecule is COC(=O)C(N)(CN(C)c1cc(C)cc(C)c1)C1CC1. The van der Waals surface area contributed by atoms with Crippen LogP contribution in [0.15, 0.2) is 18.2 Å². The Hall–Kier alpha value is -1.55. The average Bonchev–Trinajstić information content (AvgIpc) is 3.20. The Kier molecular flexibility index (Phi) is 4.04. The number of carbonyl (C=O) groups excluding carboxylic acids is 1. The molecule has 1 aromatic rings. The summed E-state index contributed by atoms with van der Waals surface area (Å²) in [5, 5.41) is 0. The van der Waals surface area contributed by atoms with E-state index >= 15 is 0 Å². The van der Waals surface area contributed by atoms with Crippen molar-refractivity contribution < 1.29 is 9.53 Å². The molecule has 1 saturated carbocycles. The lowest BCUT2D eigenvalue weighted by atomic mass is 9.93. The van der Waals surface area contributed by atoms with Gasteiger partial charge in [-0.3, -0.25) is 0 Å². The number of nitrogens with two attached hydrogens (primary N) is 1. The first-order valence-electron chi connectivity index (χ1n) is 7.03. The van der Waals surface area contributed by atoms with Crippen LogP contribution in [0.1, 0.15) is 24.0 Å². The second-order valence-electron chi connectivity index (χ2n) is 6.01. The fraction of sp³-hybridized carbons (Fsp3) is 0.562. The normalized spacial score (nSPS) is 17.4. The Bertz CT molecular complexity index is 491. The molecular weight excluding hydrogens is 252 g/mol. The largest absolute Gasteiger partial charge is 0.468 e. The summed E-state index contributed by atoms with van der Waals surface area (Å²) < 4.78 is 4.91. The summed E-state index contributed by atoms with van der Waals surface area (Å²) in [5.41, 5.74) is 8.95. The topological polar surface area (TPSA) is 55.6 Å². The number of esters is 1. The van der Waals surface area contributed by atoms with Gasteiger partial charge in [0.2, 0.25) is 0 Å². The molecule has 0 amide bonds. The molecule has 2 N–H and O–H groups in total. The Morgan fingerprint density at radius 3 is 2.35 bits per heavy atom. The van der Waals surface area contributed by atoms with E-state index in [2.05, 4.69) is 36.9 Å². The van der Waals surface area contributed by atoms with Crippen LogP contribution >= 0.6 is 0 Å². The monoisotopic (exact) mass is 276 g/mol. The summed E-state index contributed by atoms with van der Waals surface area (Å²) in [6.45, 7) is 4.62. The van der Waals surface area contributed by atoms with Gasteiger partial charge in [0.1, 0.15) is 5.54 Å². The van der Waals surface area contributed by atoms with Gasteiger partial charge in [-0.25, -0.2) is 4.79 Å². The average molecular weight is 276 g/mol. The molecule has 110 valence electrons. The lowest BCUT2D eigenvalue weighted by molar-refractivity contribution is -0.147. The molecule has 0 spiro atoms. The van der Waals surface area contributed by atoms with Gasteiger partial charge < -0.3 is 15.4 Å². The van der Waals surface area contributed by atoms with Gasteiger partial charge in [0, 0.05) is 19.3 Å². The molecule has 1 aliphatic carbocycles. The Labute approximate surface area is 120 Å². The molecule has 4 heteroatoms. The summed E-state index contributed by atoms with van der Waals surface area (Å²) in [4.78, 5) is 14.1. The minimum Gasteiger partial charge on any atom is -0.468 e. The van der Waals surface area contributed by atoms with E-state index in [9.17, 15) is 4.79 Å². The third kappa shape index (κ3) is 2.96. The molecule has 0 aliphatic heterocycles. The molecule has 1 unspecified atom stereocenters. The maximum Gasteiger partial charge on any atom is 0.327 e. The van der Waals surface area contributed by atoms with Gasteiger partial charge >= 0.3 is 5.97 Å². The molecule has 0 heterocycles. The van der Waals surface area contributed by atoms with Gasteiger partial charge in [-0.15, -0.1) is 0 Å². The van der Waals surface area contributed by atoms with E-state index in [-0.39, 0.29) is 11.9 Å². The molecule has 0 aromatic heterocycles. The molecular formula is C16H24N2O2. The number of aryl methyl sites for hydroxylation is 2. The summed E-state index contributed by atoms with van der Waals surface area (Å²) in [6.07, 6.45) is 2.01. The van der Waals surface area contributed by atoms with Crippen molar-refractivity contribution >= 4 is 11.7 Å². The number of carbonyl (C=O) groups is 1. The van der Waals surface area contributed by atoms with Crippen molar-refractivity contribution in [2.45, 2.75) is 32.2 Å². The number of likely N-dealkylation sites (N-methyl/N-ethyl adjacent to an activating group) is 1. The Balaban J connectivity index is 2.20. The van der Waals surface area contributed by atoms with E-state index in [0.717, 1.165) is 18.5 Å². The third-order valence-corrected chi connectivity index (χ3v) is 4.02. The van der Waals surface area contributed by atoms with E-state index in [1.807, 2.05) is 7.05 Å². The van der Waals surface area contributed by atoms with Crippen LogP contribution in [-0.2, 0) is 9.53 Å². The molecule has 1 aliphatic rings. The first kappa shape index (κ1) is 14.9. The predicted octanol–water partition coefficient (Wildman–Crippen LogP) is 2.02. The van der Waals surface area contributed by atoms with Crippen molar-refractivity contribution in [3.63, 3.8) is 0 Å². The number of benzene rings is 1. The summed E-state index contributed by atoms with van der Waals surface area (Å²) in [7, 11) is 3.38. The van der Waals surface area contributed by atoms with Crippen LogP contribution in [0.2, 0.25) is 0 Å². The van der Waals surface area contributed by atoms with Gasteiger partial charge in [0.05, 0.1) is 7.11 Å². The van der Waals surface area contributed by atoms with Crippen LogP contribution in [0, 0.1) is 19.8 Å². The molecule has 4 nitrogen and oxygen atoms in total. The zero-order valence-corrected chi connectivity index (χ0v) is 12.8. The number of anilines is 1. The van der Waals surface area contributed by atoms with E-state index in [4.69, 9.17) is 10.5 Å². The van der Waals surface area contributed by atoms with E-state index in [1.165, 1.54) is 18.2 Å². The summed E-state index contributed by atoms with van der Waals surface area (Å²) >= 11 is 0. The number of methoxy groups -OCH3 is 1. The number of nitrogens with zero attached hydrogens (tertiary/aromatic N) is 1. The molecule has 1 atom stereocenters. The zero-order chi connectivity index (χ0) is 14.9. The number of hydrogen-bond donors (Lipinski definition) is 1. The molecule has 0 radical (unpaired) electrons. The minimum atomic E-state index is -0.902. The molecule has 1 aromatic carbocycles. The van der Waals surface area contributed by atoms with Crippen molar-refractivity contribution in [3.05, 3.63) is 29.3 Å². The predicted molar refractivity (Wildman–Crippen MR) is 80.8 cm³/mol. The quantitative estimate of drug-likeness (QED) is 0.836. The van der Waals surface area contributed by atoms with Gasteiger partial charge in [0.15, 0.2) is 0 Å². The smallest absolute Gasteiger partial charge is 0.327 e. The fourth-order valence-electron chi connectivity index (χ4n) is 2.80. The summed E-state index contributed by atoms with van der Waals surface area (Å²) in [6, 6.07) is 6.35. The Morgan fingerprint density at radius 2 is 1.90 bits per heavy atom.